The summed E-state index contributed by atoms with van der Waals surface area (Å²) in [6.45, 7) is 5.72. The normalized spacial score (nSPS) is 23.4. The van der Waals surface area contributed by atoms with Gasteiger partial charge in [0.15, 0.2) is 5.82 Å². The van der Waals surface area contributed by atoms with E-state index in [1.807, 2.05) is 0 Å². The number of nitrogens with one attached hydrogen (secondary N) is 1. The number of hydrogen-bond donors (Lipinski definition) is 2. The molecule has 2 aromatic rings. The summed E-state index contributed by atoms with van der Waals surface area (Å²) in [6.07, 6.45) is 4.78. The molecule has 5 rings (SSSR count). The lowest BCUT2D eigenvalue weighted by molar-refractivity contribution is -0.190. The summed E-state index contributed by atoms with van der Waals surface area (Å²) in [7, 11) is 0. The van der Waals surface area contributed by atoms with Gasteiger partial charge in [-0.1, -0.05) is 6.42 Å². The van der Waals surface area contributed by atoms with Gasteiger partial charge in [0.05, 0.1) is 22.5 Å². The summed E-state index contributed by atoms with van der Waals surface area (Å²) in [5, 5.41) is 4.40. The highest BCUT2D eigenvalue weighted by Gasteiger charge is 2.62. The Kier molecular flexibility index (Phi) is 8.27. The number of allylic oxidation sites excluding steroid dienone is 1. The van der Waals surface area contributed by atoms with Gasteiger partial charge in [-0.15, -0.1) is 5.10 Å². The SMILES string of the molecule is CC1(C)CC2CCCCN=CC(=CN)SNC(=O)c3ccc(-n4ccc(OCCC5(C(F)(F)F)CC5)n4)nc3N1C2. The maximum absolute atomic E-state index is 13.4. The van der Waals surface area contributed by atoms with Gasteiger partial charge in [0.2, 0.25) is 5.88 Å². The number of pyridine rings is 1. The van der Waals surface area contributed by atoms with E-state index in [0.29, 0.717) is 34.6 Å². The minimum absolute atomic E-state index is 0.0702. The van der Waals surface area contributed by atoms with E-state index in [4.69, 9.17) is 15.5 Å². The zero-order valence-corrected chi connectivity index (χ0v) is 24.1. The van der Waals surface area contributed by atoms with Crippen molar-refractivity contribution in [2.24, 2.45) is 22.1 Å². The molecule has 1 saturated heterocycles. The molecule has 2 bridgehead atoms. The van der Waals surface area contributed by atoms with Crippen molar-refractivity contribution in [3.63, 3.8) is 0 Å². The van der Waals surface area contributed by atoms with Gasteiger partial charge >= 0.3 is 6.18 Å². The second-order valence-corrected chi connectivity index (χ2v) is 12.5. The van der Waals surface area contributed by atoms with Crippen molar-refractivity contribution in [1.82, 2.24) is 19.5 Å². The molecule has 1 amide bonds. The Bertz CT molecular complexity index is 1320. The van der Waals surface area contributed by atoms with Crippen LogP contribution in [0.2, 0.25) is 0 Å². The quantitative estimate of drug-likeness (QED) is 0.447. The van der Waals surface area contributed by atoms with Crippen molar-refractivity contribution in [2.45, 2.75) is 70.5 Å². The molecular formula is C28H36F3N7O2S. The van der Waals surface area contributed by atoms with Gasteiger partial charge in [0, 0.05) is 43.3 Å². The first-order chi connectivity index (χ1) is 19.5. The number of nitrogens with zero attached hydrogens (tertiary/aromatic N) is 5. The van der Waals surface area contributed by atoms with Gasteiger partial charge in [-0.3, -0.25) is 14.5 Å². The first-order valence-electron chi connectivity index (χ1n) is 13.9. The molecule has 222 valence electrons. The number of carbonyl (C=O) groups excluding carboxylic acids is 1. The first-order valence-corrected chi connectivity index (χ1v) is 14.8. The summed E-state index contributed by atoms with van der Waals surface area (Å²) in [5.41, 5.74) is 4.30. The van der Waals surface area contributed by atoms with Crippen LogP contribution in [0, 0.1) is 11.3 Å². The van der Waals surface area contributed by atoms with Crippen LogP contribution < -0.4 is 20.1 Å². The van der Waals surface area contributed by atoms with Gasteiger partial charge in [-0.2, -0.15) is 13.2 Å². The molecule has 2 fully saturated rings. The van der Waals surface area contributed by atoms with Crippen LogP contribution in [0.3, 0.4) is 0 Å². The highest BCUT2D eigenvalue weighted by atomic mass is 32.2. The van der Waals surface area contributed by atoms with Crippen LogP contribution in [0.5, 0.6) is 5.88 Å². The molecule has 1 atom stereocenters. The van der Waals surface area contributed by atoms with Crippen molar-refractivity contribution in [3.8, 4) is 11.7 Å². The fraction of sp³-hybridized carbons (Fsp3) is 0.571. The number of hydrogen-bond acceptors (Lipinski definition) is 8. The minimum Gasteiger partial charge on any atom is -0.477 e. The molecule has 2 aliphatic heterocycles. The van der Waals surface area contributed by atoms with Gasteiger partial charge in [0.25, 0.3) is 5.91 Å². The monoisotopic (exact) mass is 591 g/mol. The predicted octanol–water partition coefficient (Wildman–Crippen LogP) is 5.42. The third-order valence-electron chi connectivity index (χ3n) is 8.20. The maximum atomic E-state index is 13.4. The molecule has 9 nitrogen and oxygen atoms in total. The summed E-state index contributed by atoms with van der Waals surface area (Å²) in [6, 6.07) is 5.02. The molecule has 1 saturated carbocycles. The van der Waals surface area contributed by atoms with Gasteiger partial charge in [-0.05, 0) is 82.4 Å². The Balaban J connectivity index is 1.39. The number of nitrogens with two attached hydrogens (primary N) is 1. The zero-order chi connectivity index (χ0) is 29.3. The van der Waals surface area contributed by atoms with E-state index >= 15 is 0 Å². The lowest BCUT2D eigenvalue weighted by atomic mass is 9.93. The number of anilines is 1. The highest BCUT2D eigenvalue weighted by molar-refractivity contribution is 8.02. The van der Waals surface area contributed by atoms with E-state index in [2.05, 4.69) is 33.6 Å². The molecule has 13 heteroatoms. The number of alkyl halides is 3. The molecular weight excluding hydrogens is 555 g/mol. The lowest BCUT2D eigenvalue weighted by Gasteiger charge is -2.34. The summed E-state index contributed by atoms with van der Waals surface area (Å²) in [5.74, 6) is 1.38. The van der Waals surface area contributed by atoms with Crippen LogP contribution in [-0.4, -0.2) is 58.3 Å². The van der Waals surface area contributed by atoms with Crippen LogP contribution in [0.25, 0.3) is 5.82 Å². The number of aliphatic imine (C=N–C) groups is 1. The van der Waals surface area contributed by atoms with Crippen LogP contribution in [0.4, 0.5) is 19.0 Å². The second kappa shape index (κ2) is 11.6. The third kappa shape index (κ3) is 6.49. The molecule has 3 aliphatic rings. The number of fused-ring (bicyclic) bond motifs is 4. The Morgan fingerprint density at radius 1 is 1.24 bits per heavy atom. The molecule has 0 spiro atoms. The molecule has 4 heterocycles. The fourth-order valence-electron chi connectivity index (χ4n) is 5.65. The fourth-order valence-corrected chi connectivity index (χ4v) is 6.16. The number of halogens is 3. The Morgan fingerprint density at radius 3 is 2.78 bits per heavy atom. The molecule has 0 radical (unpaired) electrons. The number of rotatable bonds is 5. The van der Waals surface area contributed by atoms with Crippen molar-refractivity contribution in [1.29, 1.82) is 0 Å². The smallest absolute Gasteiger partial charge is 0.394 e. The molecule has 3 N–H and O–H groups in total. The molecule has 1 aliphatic carbocycles. The van der Waals surface area contributed by atoms with Crippen molar-refractivity contribution < 1.29 is 22.7 Å². The van der Waals surface area contributed by atoms with E-state index in [1.165, 1.54) is 10.9 Å². The van der Waals surface area contributed by atoms with Gasteiger partial charge in [-0.25, -0.2) is 9.67 Å². The Labute approximate surface area is 241 Å². The number of carbonyl (C=O) groups is 1. The van der Waals surface area contributed by atoms with E-state index in [1.54, 1.807) is 30.6 Å². The Hall–Kier alpha value is -3.22. The number of amides is 1. The largest absolute Gasteiger partial charge is 0.477 e. The van der Waals surface area contributed by atoms with E-state index in [0.717, 1.165) is 44.2 Å². The molecule has 2 aromatic heterocycles. The Morgan fingerprint density at radius 2 is 2.05 bits per heavy atom. The van der Waals surface area contributed by atoms with Crippen molar-refractivity contribution in [3.05, 3.63) is 41.1 Å². The van der Waals surface area contributed by atoms with E-state index in [-0.39, 0.29) is 43.2 Å². The predicted molar refractivity (Wildman–Crippen MR) is 153 cm³/mol. The minimum atomic E-state index is -4.21. The average Bonchev–Trinajstić information content (AvgIpc) is 3.48. The first kappa shape index (κ1) is 29.3. The average molecular weight is 592 g/mol. The zero-order valence-electron chi connectivity index (χ0n) is 23.3. The topological polar surface area (TPSA) is 111 Å². The van der Waals surface area contributed by atoms with Crippen LogP contribution in [0.15, 0.2) is 40.5 Å². The summed E-state index contributed by atoms with van der Waals surface area (Å²) < 4.78 is 49.7. The molecule has 0 aromatic carbocycles. The van der Waals surface area contributed by atoms with E-state index in [9.17, 15) is 18.0 Å². The highest BCUT2D eigenvalue weighted by Crippen LogP contribution is 2.59. The number of aromatic nitrogens is 3. The number of ether oxygens (including phenoxy) is 1. The maximum Gasteiger partial charge on any atom is 0.394 e. The molecule has 1 unspecified atom stereocenters. The summed E-state index contributed by atoms with van der Waals surface area (Å²) >= 11 is 1.10. The standard InChI is InChI=1S/C28H36F3N7O2S/c1-26(2)15-19-5-3-4-12-33-17-20(16-32)41-36-25(39)21-6-7-22(34-24(21)37(26)18-19)38-13-8-23(35-38)40-14-11-27(9-10-27)28(29,30)31/h6-8,13,16-17,19H,3-5,9-12,14-15,18,32H2,1-2H3,(H,36,39). The third-order valence-corrected chi connectivity index (χ3v) is 8.96. The lowest BCUT2D eigenvalue weighted by Crippen LogP contribution is -2.40. The summed E-state index contributed by atoms with van der Waals surface area (Å²) in [4.78, 5) is 25.6. The van der Waals surface area contributed by atoms with E-state index < -0.39 is 11.6 Å². The van der Waals surface area contributed by atoms with Crippen molar-refractivity contribution in [2.75, 3.05) is 24.6 Å². The molecule has 41 heavy (non-hydrogen) atoms. The van der Waals surface area contributed by atoms with Gasteiger partial charge in [0.1, 0.15) is 5.82 Å². The van der Waals surface area contributed by atoms with Crippen molar-refractivity contribution >= 4 is 29.9 Å². The van der Waals surface area contributed by atoms with Crippen LogP contribution in [0.1, 0.15) is 69.2 Å². The van der Waals surface area contributed by atoms with Crippen LogP contribution >= 0.6 is 11.9 Å². The van der Waals surface area contributed by atoms with Crippen LogP contribution in [-0.2, 0) is 0 Å². The second-order valence-electron chi connectivity index (χ2n) is 11.6. The van der Waals surface area contributed by atoms with Gasteiger partial charge < -0.3 is 15.4 Å².